The Morgan fingerprint density at radius 1 is 1.07 bits per heavy atom. The van der Waals surface area contributed by atoms with Crippen molar-refractivity contribution in [3.05, 3.63) is 64.7 Å². The van der Waals surface area contributed by atoms with E-state index < -0.39 is 5.97 Å². The minimum absolute atomic E-state index is 0.0157. The van der Waals surface area contributed by atoms with Crippen LogP contribution in [0.25, 0.3) is 0 Å². The van der Waals surface area contributed by atoms with Gasteiger partial charge in [0, 0.05) is 10.9 Å². The average Bonchev–Trinajstić information content (AvgIpc) is 2.70. The molecule has 2 aromatic carbocycles. The Morgan fingerprint density at radius 3 is 2.52 bits per heavy atom. The number of hydrazone groups is 1. The van der Waals surface area contributed by atoms with Crippen molar-refractivity contribution >= 4 is 29.7 Å². The lowest BCUT2D eigenvalue weighted by Crippen LogP contribution is -2.28. The summed E-state index contributed by atoms with van der Waals surface area (Å²) < 4.78 is 5.32. The van der Waals surface area contributed by atoms with Crippen LogP contribution in [0.5, 0.6) is 5.75 Å². The summed E-state index contributed by atoms with van der Waals surface area (Å²) in [6.07, 6.45) is 6.88. The molecule has 1 aliphatic carbocycles. The Bertz CT molecular complexity index is 828. The summed E-state index contributed by atoms with van der Waals surface area (Å²) in [5, 5.41) is 4.50. The number of rotatable bonds is 5. The number of hydrogen-bond donors (Lipinski definition) is 1. The average molecular weight is 385 g/mol. The van der Waals surface area contributed by atoms with Crippen molar-refractivity contribution in [3.63, 3.8) is 0 Å². The molecule has 0 aromatic heterocycles. The van der Waals surface area contributed by atoms with Crippen molar-refractivity contribution in [1.29, 1.82) is 0 Å². The smallest absolute Gasteiger partial charge is 0.343 e. The SMILES string of the molecule is O=C(Oc1ccc(C=NNC(=O)C2CCCCC2)cc1)c1cccc(Cl)c1. The fraction of sp³-hybridized carbons (Fsp3) is 0.286. The molecule has 1 aliphatic rings. The molecule has 0 radical (unpaired) electrons. The quantitative estimate of drug-likeness (QED) is 0.355. The van der Waals surface area contributed by atoms with Gasteiger partial charge in [0.1, 0.15) is 5.75 Å². The summed E-state index contributed by atoms with van der Waals surface area (Å²) in [6.45, 7) is 0. The zero-order chi connectivity index (χ0) is 19.1. The minimum Gasteiger partial charge on any atom is -0.423 e. The summed E-state index contributed by atoms with van der Waals surface area (Å²) in [4.78, 5) is 24.1. The number of hydrogen-bond acceptors (Lipinski definition) is 4. The molecule has 0 unspecified atom stereocenters. The molecule has 1 N–H and O–H groups in total. The molecule has 6 heteroatoms. The number of ether oxygens (including phenoxy) is 1. The molecule has 0 heterocycles. The van der Waals surface area contributed by atoms with Crippen LogP contribution in [0.2, 0.25) is 5.02 Å². The summed E-state index contributed by atoms with van der Waals surface area (Å²) in [5.41, 5.74) is 3.79. The summed E-state index contributed by atoms with van der Waals surface area (Å²) in [7, 11) is 0. The molecule has 0 aliphatic heterocycles. The lowest BCUT2D eigenvalue weighted by molar-refractivity contribution is -0.125. The van der Waals surface area contributed by atoms with Crippen molar-refractivity contribution in [2.75, 3.05) is 0 Å². The van der Waals surface area contributed by atoms with E-state index in [1.165, 1.54) is 6.42 Å². The number of nitrogens with one attached hydrogen (secondary N) is 1. The van der Waals surface area contributed by atoms with Gasteiger partial charge in [-0.2, -0.15) is 5.10 Å². The molecule has 3 rings (SSSR count). The Labute approximate surface area is 163 Å². The Kier molecular flexibility index (Phi) is 6.60. The van der Waals surface area contributed by atoms with Crippen molar-refractivity contribution in [2.24, 2.45) is 11.0 Å². The van der Waals surface area contributed by atoms with E-state index in [0.717, 1.165) is 31.2 Å². The van der Waals surface area contributed by atoms with Crippen LogP contribution >= 0.6 is 11.6 Å². The molecule has 1 amide bonds. The van der Waals surface area contributed by atoms with Gasteiger partial charge < -0.3 is 4.74 Å². The predicted octanol–water partition coefficient (Wildman–Crippen LogP) is 4.59. The molecule has 5 nitrogen and oxygen atoms in total. The van der Waals surface area contributed by atoms with Crippen molar-refractivity contribution in [3.8, 4) is 5.75 Å². The van der Waals surface area contributed by atoms with E-state index >= 15 is 0 Å². The second kappa shape index (κ2) is 9.33. The van der Waals surface area contributed by atoms with Crippen LogP contribution in [0.4, 0.5) is 0 Å². The predicted molar refractivity (Wildman–Crippen MR) is 105 cm³/mol. The van der Waals surface area contributed by atoms with Gasteiger partial charge in [-0.1, -0.05) is 36.9 Å². The molecular weight excluding hydrogens is 364 g/mol. The first-order valence-corrected chi connectivity index (χ1v) is 9.40. The van der Waals surface area contributed by atoms with E-state index in [4.69, 9.17) is 16.3 Å². The van der Waals surface area contributed by atoms with E-state index in [-0.39, 0.29) is 11.8 Å². The standard InChI is InChI=1S/C21H21ClN2O3/c22-18-8-4-7-17(13-18)21(26)27-19-11-9-15(10-12-19)14-23-24-20(25)16-5-2-1-3-6-16/h4,7-14,16H,1-3,5-6H2,(H,24,25). The maximum atomic E-state index is 12.1. The van der Waals surface area contributed by atoms with Gasteiger partial charge in [-0.25, -0.2) is 10.2 Å². The van der Waals surface area contributed by atoms with E-state index in [1.807, 2.05) is 0 Å². The van der Waals surface area contributed by atoms with Gasteiger partial charge in [0.05, 0.1) is 11.8 Å². The number of esters is 1. The Hall–Kier alpha value is -2.66. The highest BCUT2D eigenvalue weighted by molar-refractivity contribution is 6.30. The number of amides is 1. The van der Waals surface area contributed by atoms with Crippen LogP contribution in [0.1, 0.15) is 48.0 Å². The molecule has 0 spiro atoms. The normalized spacial score (nSPS) is 14.9. The highest BCUT2D eigenvalue weighted by Gasteiger charge is 2.20. The molecule has 27 heavy (non-hydrogen) atoms. The molecular formula is C21H21ClN2O3. The van der Waals surface area contributed by atoms with Gasteiger partial charge in [-0.15, -0.1) is 0 Å². The molecule has 0 saturated heterocycles. The second-order valence-corrected chi connectivity index (χ2v) is 6.97. The van der Waals surface area contributed by atoms with Gasteiger partial charge in [0.2, 0.25) is 5.91 Å². The van der Waals surface area contributed by atoms with E-state index in [2.05, 4.69) is 10.5 Å². The van der Waals surface area contributed by atoms with Crippen molar-refractivity contribution in [2.45, 2.75) is 32.1 Å². The van der Waals surface area contributed by atoms with Crippen LogP contribution in [0, 0.1) is 5.92 Å². The number of carbonyl (C=O) groups excluding carboxylic acids is 2. The first-order chi connectivity index (χ1) is 13.1. The number of halogens is 1. The lowest BCUT2D eigenvalue weighted by atomic mass is 9.89. The van der Waals surface area contributed by atoms with Gasteiger partial charge in [0.15, 0.2) is 0 Å². The highest BCUT2D eigenvalue weighted by atomic mass is 35.5. The van der Waals surface area contributed by atoms with Gasteiger partial charge in [-0.05, 0) is 60.9 Å². The molecule has 1 saturated carbocycles. The summed E-state index contributed by atoms with van der Waals surface area (Å²) in [5.74, 6) is 0.00392. The molecule has 0 bridgehead atoms. The summed E-state index contributed by atoms with van der Waals surface area (Å²) in [6, 6.07) is 13.5. The summed E-state index contributed by atoms with van der Waals surface area (Å²) >= 11 is 5.88. The minimum atomic E-state index is -0.473. The van der Waals surface area contributed by atoms with Gasteiger partial charge in [0.25, 0.3) is 0 Å². The third-order valence-electron chi connectivity index (χ3n) is 4.52. The first kappa shape index (κ1) is 19.1. The van der Waals surface area contributed by atoms with Crippen LogP contribution in [0.15, 0.2) is 53.6 Å². The van der Waals surface area contributed by atoms with Crippen LogP contribution in [-0.4, -0.2) is 18.1 Å². The first-order valence-electron chi connectivity index (χ1n) is 9.02. The van der Waals surface area contributed by atoms with Crippen LogP contribution in [0.3, 0.4) is 0 Å². The third-order valence-corrected chi connectivity index (χ3v) is 4.75. The Morgan fingerprint density at radius 2 is 1.81 bits per heavy atom. The monoisotopic (exact) mass is 384 g/mol. The second-order valence-electron chi connectivity index (χ2n) is 6.54. The van der Waals surface area contributed by atoms with Crippen LogP contribution < -0.4 is 10.2 Å². The van der Waals surface area contributed by atoms with E-state index in [0.29, 0.717) is 16.3 Å². The lowest BCUT2D eigenvalue weighted by Gasteiger charge is -2.19. The van der Waals surface area contributed by atoms with Gasteiger partial charge in [-0.3, -0.25) is 4.79 Å². The number of carbonyl (C=O) groups is 2. The third kappa shape index (κ3) is 5.66. The molecule has 1 fully saturated rings. The molecule has 140 valence electrons. The maximum absolute atomic E-state index is 12.1. The fourth-order valence-electron chi connectivity index (χ4n) is 3.03. The maximum Gasteiger partial charge on any atom is 0.343 e. The number of benzene rings is 2. The zero-order valence-corrected chi connectivity index (χ0v) is 15.6. The molecule has 0 atom stereocenters. The topological polar surface area (TPSA) is 67.8 Å². The van der Waals surface area contributed by atoms with Crippen molar-refractivity contribution < 1.29 is 14.3 Å². The Balaban J connectivity index is 1.52. The molecule has 2 aromatic rings. The van der Waals surface area contributed by atoms with E-state index in [1.54, 1.807) is 54.7 Å². The van der Waals surface area contributed by atoms with Gasteiger partial charge >= 0.3 is 5.97 Å². The largest absolute Gasteiger partial charge is 0.423 e. The fourth-order valence-corrected chi connectivity index (χ4v) is 3.22. The number of nitrogens with zero attached hydrogens (tertiary/aromatic N) is 1. The highest BCUT2D eigenvalue weighted by Crippen LogP contribution is 2.23. The van der Waals surface area contributed by atoms with E-state index in [9.17, 15) is 9.59 Å². The van der Waals surface area contributed by atoms with Crippen molar-refractivity contribution in [1.82, 2.24) is 5.43 Å². The zero-order valence-electron chi connectivity index (χ0n) is 14.9. The van der Waals surface area contributed by atoms with Crippen LogP contribution in [-0.2, 0) is 4.79 Å².